The number of hydrogen-bond acceptors (Lipinski definition) is 1. The SMILES string of the molecule is CC(F)(c1cc(Br)c(N)c(Br)c1)C(F)(F)C(F)(F)F. The smallest absolute Gasteiger partial charge is 0.397 e. The first-order chi connectivity index (χ1) is 8.32. The van der Waals surface area contributed by atoms with Gasteiger partial charge in [0.2, 0.25) is 5.67 Å². The third kappa shape index (κ3) is 2.72. The number of rotatable bonds is 2. The van der Waals surface area contributed by atoms with Crippen molar-refractivity contribution in [1.29, 1.82) is 0 Å². The average molecular weight is 415 g/mol. The van der Waals surface area contributed by atoms with Crippen molar-refractivity contribution in [3.63, 3.8) is 0 Å². The van der Waals surface area contributed by atoms with Gasteiger partial charge in [-0.2, -0.15) is 22.0 Å². The molecule has 19 heavy (non-hydrogen) atoms. The molecule has 0 radical (unpaired) electrons. The van der Waals surface area contributed by atoms with Gasteiger partial charge in [-0.05, 0) is 56.5 Å². The van der Waals surface area contributed by atoms with Crippen LogP contribution in [0.15, 0.2) is 21.1 Å². The lowest BCUT2D eigenvalue weighted by Crippen LogP contribution is -2.50. The second kappa shape index (κ2) is 4.83. The van der Waals surface area contributed by atoms with Crippen molar-refractivity contribution in [2.45, 2.75) is 24.7 Å². The van der Waals surface area contributed by atoms with E-state index in [-0.39, 0.29) is 21.6 Å². The van der Waals surface area contributed by atoms with Crippen LogP contribution in [-0.2, 0) is 5.67 Å². The molecule has 0 aromatic heterocycles. The monoisotopic (exact) mass is 413 g/mol. The zero-order chi connectivity index (χ0) is 15.2. The van der Waals surface area contributed by atoms with E-state index in [0.717, 1.165) is 12.1 Å². The van der Waals surface area contributed by atoms with Gasteiger partial charge >= 0.3 is 12.1 Å². The number of nitrogens with two attached hydrogens (primary N) is 1. The van der Waals surface area contributed by atoms with Crippen LogP contribution in [0.2, 0.25) is 0 Å². The van der Waals surface area contributed by atoms with Gasteiger partial charge in [0, 0.05) is 8.95 Å². The number of nitrogen functional groups attached to an aromatic ring is 1. The molecule has 0 fully saturated rings. The Bertz CT molecular complexity index is 474. The van der Waals surface area contributed by atoms with Crippen molar-refractivity contribution in [1.82, 2.24) is 0 Å². The highest BCUT2D eigenvalue weighted by Crippen LogP contribution is 2.51. The van der Waals surface area contributed by atoms with E-state index in [2.05, 4.69) is 31.9 Å². The molecule has 0 aliphatic rings. The molecule has 1 atom stereocenters. The van der Waals surface area contributed by atoms with Gasteiger partial charge < -0.3 is 5.73 Å². The second-order valence-corrected chi connectivity index (χ2v) is 5.64. The molecule has 108 valence electrons. The molecule has 9 heteroatoms. The summed E-state index contributed by atoms with van der Waals surface area (Å²) in [4.78, 5) is 0. The van der Waals surface area contributed by atoms with Gasteiger partial charge in [-0.3, -0.25) is 0 Å². The quantitative estimate of drug-likeness (QED) is 0.524. The Morgan fingerprint density at radius 2 is 1.32 bits per heavy atom. The molecule has 0 aliphatic carbocycles. The Morgan fingerprint density at radius 1 is 0.947 bits per heavy atom. The molecule has 2 N–H and O–H groups in total. The maximum atomic E-state index is 14.0. The lowest BCUT2D eigenvalue weighted by molar-refractivity contribution is -0.327. The minimum absolute atomic E-state index is 0.0127. The Kier molecular flexibility index (Phi) is 4.23. The van der Waals surface area contributed by atoms with Crippen LogP contribution >= 0.6 is 31.9 Å². The molecule has 0 heterocycles. The predicted molar refractivity (Wildman–Crippen MR) is 65.7 cm³/mol. The molecule has 0 saturated heterocycles. The molecule has 0 aliphatic heterocycles. The van der Waals surface area contributed by atoms with E-state index in [1.807, 2.05) is 0 Å². The van der Waals surface area contributed by atoms with E-state index in [1.165, 1.54) is 0 Å². The summed E-state index contributed by atoms with van der Waals surface area (Å²) in [5.41, 5.74) is 0.756. The van der Waals surface area contributed by atoms with Crippen molar-refractivity contribution < 1.29 is 26.3 Å². The lowest BCUT2D eigenvalue weighted by atomic mass is 9.90. The summed E-state index contributed by atoms with van der Waals surface area (Å²) in [6.45, 7) is 0.172. The van der Waals surface area contributed by atoms with E-state index in [0.29, 0.717) is 0 Å². The highest BCUT2D eigenvalue weighted by atomic mass is 79.9. The molecule has 0 bridgehead atoms. The van der Waals surface area contributed by atoms with Gasteiger partial charge in [0.05, 0.1) is 5.69 Å². The molecule has 1 rings (SSSR count). The number of benzene rings is 1. The number of alkyl halides is 6. The Morgan fingerprint density at radius 3 is 1.63 bits per heavy atom. The predicted octanol–water partition coefficient (Wildman–Crippen LogP) is 5.18. The van der Waals surface area contributed by atoms with Crippen LogP contribution in [0.5, 0.6) is 0 Å². The van der Waals surface area contributed by atoms with Gasteiger partial charge in [0.1, 0.15) is 0 Å². The van der Waals surface area contributed by atoms with Gasteiger partial charge in [-0.15, -0.1) is 0 Å². The van der Waals surface area contributed by atoms with Gasteiger partial charge in [-0.1, -0.05) is 0 Å². The normalized spacial score (nSPS) is 16.3. The molecule has 1 aromatic carbocycles. The topological polar surface area (TPSA) is 26.0 Å². The molecule has 0 spiro atoms. The molecule has 1 unspecified atom stereocenters. The summed E-state index contributed by atoms with van der Waals surface area (Å²) in [6, 6.07) is 1.58. The zero-order valence-electron chi connectivity index (χ0n) is 9.26. The maximum absolute atomic E-state index is 14.0. The summed E-state index contributed by atoms with van der Waals surface area (Å²) >= 11 is 5.72. The molecule has 0 saturated carbocycles. The second-order valence-electron chi connectivity index (χ2n) is 3.93. The van der Waals surface area contributed by atoms with Crippen molar-refractivity contribution >= 4 is 37.5 Å². The summed E-state index contributed by atoms with van der Waals surface area (Å²) in [5.74, 6) is -5.53. The van der Waals surface area contributed by atoms with Gasteiger partial charge in [0.25, 0.3) is 0 Å². The van der Waals surface area contributed by atoms with E-state index >= 15 is 0 Å². The van der Waals surface area contributed by atoms with Crippen LogP contribution in [0, 0.1) is 0 Å². The third-order valence-corrected chi connectivity index (χ3v) is 3.88. The fraction of sp³-hybridized carbons (Fsp3) is 0.400. The fourth-order valence-electron chi connectivity index (χ4n) is 1.30. The summed E-state index contributed by atoms with van der Waals surface area (Å²) in [5, 5.41) is 0. The Labute approximate surface area is 121 Å². The highest BCUT2D eigenvalue weighted by Gasteiger charge is 2.70. The van der Waals surface area contributed by atoms with Crippen molar-refractivity contribution in [2.75, 3.05) is 5.73 Å². The maximum Gasteiger partial charge on any atom is 0.457 e. The Hall–Kier alpha value is -0.440. The molecular formula is C10H7Br2F6N. The van der Waals surface area contributed by atoms with Gasteiger partial charge in [0.15, 0.2) is 0 Å². The highest BCUT2D eigenvalue weighted by molar-refractivity contribution is 9.11. The summed E-state index contributed by atoms with van der Waals surface area (Å²) < 4.78 is 77.2. The minimum atomic E-state index is -6.00. The summed E-state index contributed by atoms with van der Waals surface area (Å²) in [6.07, 6.45) is -6.00. The number of halogens is 8. The standard InChI is InChI=1S/C10H7Br2F6N/c1-8(13,9(14,15)10(16,17)18)4-2-5(11)7(19)6(12)3-4/h2-3H,19H2,1H3. The van der Waals surface area contributed by atoms with Crippen LogP contribution < -0.4 is 5.73 Å². The number of hydrogen-bond donors (Lipinski definition) is 1. The van der Waals surface area contributed by atoms with Crippen molar-refractivity contribution in [3.05, 3.63) is 26.6 Å². The zero-order valence-corrected chi connectivity index (χ0v) is 12.4. The van der Waals surface area contributed by atoms with E-state index < -0.39 is 23.3 Å². The minimum Gasteiger partial charge on any atom is -0.397 e. The molecule has 1 nitrogen and oxygen atoms in total. The third-order valence-electron chi connectivity index (χ3n) is 2.57. The van der Waals surface area contributed by atoms with Crippen LogP contribution in [0.3, 0.4) is 0 Å². The van der Waals surface area contributed by atoms with E-state index in [4.69, 9.17) is 5.73 Å². The van der Waals surface area contributed by atoms with Crippen molar-refractivity contribution in [2.24, 2.45) is 0 Å². The van der Waals surface area contributed by atoms with E-state index in [1.54, 1.807) is 0 Å². The number of anilines is 1. The van der Waals surface area contributed by atoms with Gasteiger partial charge in [-0.25, -0.2) is 4.39 Å². The van der Waals surface area contributed by atoms with Crippen LogP contribution in [0.25, 0.3) is 0 Å². The van der Waals surface area contributed by atoms with Crippen LogP contribution in [0.1, 0.15) is 12.5 Å². The van der Waals surface area contributed by atoms with E-state index in [9.17, 15) is 26.3 Å². The first-order valence-electron chi connectivity index (χ1n) is 4.71. The largest absolute Gasteiger partial charge is 0.457 e. The Balaban J connectivity index is 3.44. The first-order valence-corrected chi connectivity index (χ1v) is 6.29. The lowest BCUT2D eigenvalue weighted by Gasteiger charge is -2.32. The van der Waals surface area contributed by atoms with Crippen LogP contribution in [0.4, 0.5) is 32.0 Å². The molecule has 1 aromatic rings. The molecule has 0 amide bonds. The van der Waals surface area contributed by atoms with Crippen LogP contribution in [-0.4, -0.2) is 12.1 Å². The first kappa shape index (κ1) is 16.6. The summed E-state index contributed by atoms with van der Waals surface area (Å²) in [7, 11) is 0. The average Bonchev–Trinajstić information content (AvgIpc) is 2.23. The molecular weight excluding hydrogens is 408 g/mol. The fourth-order valence-corrected chi connectivity index (χ4v) is 2.49. The van der Waals surface area contributed by atoms with Crippen molar-refractivity contribution in [3.8, 4) is 0 Å².